The van der Waals surface area contributed by atoms with Gasteiger partial charge in [0.2, 0.25) is 0 Å². The van der Waals surface area contributed by atoms with Crippen LogP contribution in [0.5, 0.6) is 0 Å². The van der Waals surface area contributed by atoms with Crippen LogP contribution in [0.25, 0.3) is 0 Å². The Hall–Kier alpha value is -0.0400. The first kappa shape index (κ1) is 15.4. The van der Waals surface area contributed by atoms with Crippen LogP contribution in [0.15, 0.2) is 0 Å². The molecule has 0 aromatic carbocycles. The van der Waals surface area contributed by atoms with Gasteiger partial charge in [-0.2, -0.15) is 0 Å². The van der Waals surface area contributed by atoms with E-state index in [2.05, 4.69) is 25.8 Å². The van der Waals surface area contributed by atoms with Crippen molar-refractivity contribution in [3.05, 3.63) is 0 Å². The Morgan fingerprint density at radius 2 is 1.46 bits per heavy atom. The van der Waals surface area contributed by atoms with Crippen LogP contribution in [-0.4, -0.2) is 24.0 Å². The summed E-state index contributed by atoms with van der Waals surface area (Å²) < 4.78 is 0. The van der Waals surface area contributed by atoms with Gasteiger partial charge in [-0.25, -0.2) is 0 Å². The van der Waals surface area contributed by atoms with E-state index >= 15 is 0 Å². The van der Waals surface area contributed by atoms with Crippen LogP contribution in [0.2, 0.25) is 0 Å². The minimum atomic E-state index is 0.593. The zero-order valence-corrected chi connectivity index (χ0v) is 10.8. The highest BCUT2D eigenvalue weighted by Crippen LogP contribution is 2.39. The van der Waals surface area contributed by atoms with Gasteiger partial charge in [0, 0.05) is 5.54 Å². The Kier molecular flexibility index (Phi) is 10.2. The van der Waals surface area contributed by atoms with Crippen LogP contribution in [0.3, 0.4) is 0 Å². The molecule has 0 heterocycles. The molecule has 1 fully saturated rings. The summed E-state index contributed by atoms with van der Waals surface area (Å²) in [7, 11) is 2.23. The summed E-state index contributed by atoms with van der Waals surface area (Å²) in [6.45, 7) is 13.8. The zero-order valence-electron chi connectivity index (χ0n) is 10.8. The summed E-state index contributed by atoms with van der Waals surface area (Å²) in [5.74, 6) is 0. The molecular formula is C12H29N. The predicted molar refractivity (Wildman–Crippen MR) is 63.3 cm³/mol. The first-order valence-electron chi connectivity index (χ1n) is 5.90. The van der Waals surface area contributed by atoms with Gasteiger partial charge < -0.3 is 4.90 Å². The molecule has 1 aliphatic rings. The van der Waals surface area contributed by atoms with Gasteiger partial charge in [0.1, 0.15) is 0 Å². The SMILES string of the molecule is CC.CC.CCCN(C)C1(C)CC1. The van der Waals surface area contributed by atoms with Gasteiger partial charge in [0.25, 0.3) is 0 Å². The lowest BCUT2D eigenvalue weighted by atomic mass is 10.2. The summed E-state index contributed by atoms with van der Waals surface area (Å²) in [4.78, 5) is 2.48. The van der Waals surface area contributed by atoms with Crippen molar-refractivity contribution in [2.75, 3.05) is 13.6 Å². The number of hydrogen-bond acceptors (Lipinski definition) is 1. The maximum Gasteiger partial charge on any atom is 0.0179 e. The Bertz CT molecular complexity index is 95.3. The normalized spacial score (nSPS) is 16.6. The third-order valence-electron chi connectivity index (χ3n) is 2.45. The summed E-state index contributed by atoms with van der Waals surface area (Å²) in [5.41, 5.74) is 0.593. The highest BCUT2D eigenvalue weighted by molar-refractivity contribution is 4.97. The van der Waals surface area contributed by atoms with E-state index in [1.165, 1.54) is 25.8 Å². The molecule has 82 valence electrons. The molecule has 1 rings (SSSR count). The van der Waals surface area contributed by atoms with Crippen LogP contribution in [0.4, 0.5) is 0 Å². The molecule has 0 saturated heterocycles. The van der Waals surface area contributed by atoms with Crippen LogP contribution in [0, 0.1) is 0 Å². The van der Waals surface area contributed by atoms with E-state index in [0.717, 1.165) is 0 Å². The van der Waals surface area contributed by atoms with Crippen LogP contribution in [-0.2, 0) is 0 Å². The quantitative estimate of drug-likeness (QED) is 0.647. The average molecular weight is 187 g/mol. The van der Waals surface area contributed by atoms with E-state index in [4.69, 9.17) is 0 Å². The first-order valence-corrected chi connectivity index (χ1v) is 5.90. The van der Waals surface area contributed by atoms with Gasteiger partial charge in [-0.3, -0.25) is 0 Å². The molecule has 0 aliphatic heterocycles. The molecular weight excluding hydrogens is 158 g/mol. The molecule has 0 aromatic heterocycles. The van der Waals surface area contributed by atoms with Crippen molar-refractivity contribution >= 4 is 0 Å². The first-order chi connectivity index (χ1) is 6.19. The van der Waals surface area contributed by atoms with Crippen LogP contribution >= 0.6 is 0 Å². The lowest BCUT2D eigenvalue weighted by Crippen LogP contribution is -2.31. The van der Waals surface area contributed by atoms with Crippen molar-refractivity contribution in [1.29, 1.82) is 0 Å². The van der Waals surface area contributed by atoms with E-state index in [1.54, 1.807) is 0 Å². The highest BCUT2D eigenvalue weighted by atomic mass is 15.2. The molecule has 1 aliphatic carbocycles. The maximum absolute atomic E-state index is 2.48. The summed E-state index contributed by atoms with van der Waals surface area (Å²) in [6.07, 6.45) is 4.10. The Labute approximate surface area is 85.5 Å². The second-order valence-electron chi connectivity index (χ2n) is 3.42. The number of rotatable bonds is 3. The van der Waals surface area contributed by atoms with Crippen molar-refractivity contribution in [1.82, 2.24) is 4.90 Å². The molecule has 0 amide bonds. The molecule has 0 N–H and O–H groups in total. The molecule has 0 bridgehead atoms. The lowest BCUT2D eigenvalue weighted by Gasteiger charge is -2.22. The molecule has 0 spiro atoms. The predicted octanol–water partition coefficient (Wildman–Crippen LogP) is 3.93. The lowest BCUT2D eigenvalue weighted by molar-refractivity contribution is 0.239. The third kappa shape index (κ3) is 6.09. The monoisotopic (exact) mass is 187 g/mol. The Balaban J connectivity index is 0. The Morgan fingerprint density at radius 3 is 1.69 bits per heavy atom. The number of nitrogens with zero attached hydrogens (tertiary/aromatic N) is 1. The topological polar surface area (TPSA) is 3.24 Å². The summed E-state index contributed by atoms with van der Waals surface area (Å²) in [6, 6.07) is 0. The van der Waals surface area contributed by atoms with Gasteiger partial charge in [-0.1, -0.05) is 34.6 Å². The van der Waals surface area contributed by atoms with Gasteiger partial charge >= 0.3 is 0 Å². The smallest absolute Gasteiger partial charge is 0.0179 e. The fourth-order valence-corrected chi connectivity index (χ4v) is 1.17. The fourth-order valence-electron chi connectivity index (χ4n) is 1.17. The van der Waals surface area contributed by atoms with Gasteiger partial charge in [-0.05, 0) is 39.8 Å². The molecule has 13 heavy (non-hydrogen) atoms. The van der Waals surface area contributed by atoms with E-state index < -0.39 is 0 Å². The molecule has 1 nitrogen and oxygen atoms in total. The van der Waals surface area contributed by atoms with Gasteiger partial charge in [-0.15, -0.1) is 0 Å². The molecule has 0 unspecified atom stereocenters. The van der Waals surface area contributed by atoms with E-state index in [-0.39, 0.29) is 0 Å². The van der Waals surface area contributed by atoms with E-state index in [0.29, 0.717) is 5.54 Å². The Morgan fingerprint density at radius 1 is 1.08 bits per heavy atom. The van der Waals surface area contributed by atoms with E-state index in [1.807, 2.05) is 27.7 Å². The van der Waals surface area contributed by atoms with Crippen molar-refractivity contribution in [2.45, 2.75) is 66.3 Å². The van der Waals surface area contributed by atoms with Crippen molar-refractivity contribution in [3.63, 3.8) is 0 Å². The zero-order chi connectivity index (χ0) is 10.9. The van der Waals surface area contributed by atoms with Crippen LogP contribution < -0.4 is 0 Å². The number of hydrogen-bond donors (Lipinski definition) is 0. The summed E-state index contributed by atoms with van der Waals surface area (Å²) >= 11 is 0. The van der Waals surface area contributed by atoms with Crippen LogP contribution in [0.1, 0.15) is 60.8 Å². The molecule has 0 atom stereocenters. The second kappa shape index (κ2) is 8.55. The average Bonchev–Trinajstić information content (AvgIpc) is 2.92. The van der Waals surface area contributed by atoms with Crippen molar-refractivity contribution in [2.24, 2.45) is 0 Å². The van der Waals surface area contributed by atoms with E-state index in [9.17, 15) is 0 Å². The maximum atomic E-state index is 2.48. The minimum Gasteiger partial charge on any atom is -0.301 e. The standard InChI is InChI=1S/C8H17N.2C2H6/c1-4-7-9(3)8(2)5-6-8;2*1-2/h4-7H2,1-3H3;2*1-2H3. The van der Waals surface area contributed by atoms with Gasteiger partial charge in [0.15, 0.2) is 0 Å². The fraction of sp³-hybridized carbons (Fsp3) is 1.00. The summed E-state index contributed by atoms with van der Waals surface area (Å²) in [5, 5.41) is 0. The third-order valence-corrected chi connectivity index (χ3v) is 2.45. The largest absolute Gasteiger partial charge is 0.301 e. The molecule has 1 saturated carbocycles. The molecule has 0 aromatic rings. The van der Waals surface area contributed by atoms with Crippen molar-refractivity contribution in [3.8, 4) is 0 Å². The second-order valence-corrected chi connectivity index (χ2v) is 3.42. The van der Waals surface area contributed by atoms with Gasteiger partial charge in [0.05, 0.1) is 0 Å². The minimum absolute atomic E-state index is 0.593. The highest BCUT2D eigenvalue weighted by Gasteiger charge is 2.40. The molecule has 0 radical (unpaired) electrons. The van der Waals surface area contributed by atoms with Crippen molar-refractivity contribution < 1.29 is 0 Å². The molecule has 1 heteroatoms.